The third-order valence-corrected chi connectivity index (χ3v) is 2.39. The Morgan fingerprint density at radius 2 is 2.21 bits per heavy atom. The molecule has 0 N–H and O–H groups in total. The van der Waals surface area contributed by atoms with Crippen LogP contribution in [0.2, 0.25) is 0 Å². The van der Waals surface area contributed by atoms with Gasteiger partial charge in [-0.15, -0.1) is 10.2 Å². The maximum absolute atomic E-state index is 10.7. The number of hydrogen-bond acceptors (Lipinski definition) is 5. The molecule has 0 spiro atoms. The molecule has 0 atom stereocenters. The highest BCUT2D eigenvalue weighted by Crippen LogP contribution is 2.17. The van der Waals surface area contributed by atoms with E-state index in [2.05, 4.69) is 24.0 Å². The van der Waals surface area contributed by atoms with E-state index in [9.17, 15) is 4.79 Å². The van der Waals surface area contributed by atoms with E-state index in [1.54, 1.807) is 6.92 Å². The van der Waals surface area contributed by atoms with Gasteiger partial charge in [-0.25, -0.2) is 0 Å². The van der Waals surface area contributed by atoms with E-state index in [0.717, 1.165) is 6.42 Å². The minimum Gasteiger partial charge on any atom is -0.416 e. The van der Waals surface area contributed by atoms with Crippen molar-refractivity contribution in [3.05, 3.63) is 5.89 Å². The average Bonchev–Trinajstić information content (AvgIpc) is 2.47. The van der Waals surface area contributed by atoms with E-state index >= 15 is 0 Å². The zero-order chi connectivity index (χ0) is 10.6. The van der Waals surface area contributed by atoms with Gasteiger partial charge in [0.05, 0.1) is 5.75 Å². The average molecular weight is 214 g/mol. The second-order valence-electron chi connectivity index (χ2n) is 3.55. The first-order valence-electron chi connectivity index (χ1n) is 4.52. The van der Waals surface area contributed by atoms with Gasteiger partial charge in [-0.05, 0) is 12.8 Å². The van der Waals surface area contributed by atoms with Crippen molar-refractivity contribution >= 4 is 17.5 Å². The van der Waals surface area contributed by atoms with Crippen molar-refractivity contribution in [1.29, 1.82) is 0 Å². The third kappa shape index (κ3) is 3.91. The van der Waals surface area contributed by atoms with E-state index in [4.69, 9.17) is 4.42 Å². The first-order valence-corrected chi connectivity index (χ1v) is 5.51. The monoisotopic (exact) mass is 214 g/mol. The van der Waals surface area contributed by atoms with E-state index in [-0.39, 0.29) is 5.78 Å². The van der Waals surface area contributed by atoms with Crippen LogP contribution < -0.4 is 0 Å². The van der Waals surface area contributed by atoms with Gasteiger partial charge in [-0.3, -0.25) is 4.79 Å². The summed E-state index contributed by atoms with van der Waals surface area (Å²) in [5.41, 5.74) is 0. The van der Waals surface area contributed by atoms with Crippen LogP contribution in [-0.2, 0) is 11.2 Å². The zero-order valence-electron chi connectivity index (χ0n) is 8.61. The predicted molar refractivity (Wildman–Crippen MR) is 54.2 cm³/mol. The Balaban J connectivity index is 2.46. The van der Waals surface area contributed by atoms with Gasteiger partial charge in [0.1, 0.15) is 5.78 Å². The highest BCUT2D eigenvalue weighted by atomic mass is 32.2. The summed E-state index contributed by atoms with van der Waals surface area (Å²) in [6, 6.07) is 0. The summed E-state index contributed by atoms with van der Waals surface area (Å²) in [6.45, 7) is 5.72. The van der Waals surface area contributed by atoms with Gasteiger partial charge in [0.25, 0.3) is 5.22 Å². The van der Waals surface area contributed by atoms with Crippen LogP contribution in [0.25, 0.3) is 0 Å². The molecule has 0 bridgehead atoms. The fraction of sp³-hybridized carbons (Fsp3) is 0.667. The Morgan fingerprint density at radius 1 is 1.50 bits per heavy atom. The molecule has 14 heavy (non-hydrogen) atoms. The summed E-state index contributed by atoms with van der Waals surface area (Å²) in [5.74, 6) is 1.65. The normalized spacial score (nSPS) is 10.9. The molecule has 0 saturated heterocycles. The van der Waals surface area contributed by atoms with Crippen molar-refractivity contribution < 1.29 is 9.21 Å². The van der Waals surface area contributed by atoms with E-state index in [1.807, 2.05) is 0 Å². The first-order chi connectivity index (χ1) is 6.58. The van der Waals surface area contributed by atoms with Crippen LogP contribution in [0.15, 0.2) is 9.64 Å². The standard InChI is InChI=1S/C9H14N2O2S/c1-6(2)4-8-10-11-9(13-8)14-5-7(3)12/h6H,4-5H2,1-3H3. The van der Waals surface area contributed by atoms with E-state index < -0.39 is 0 Å². The lowest BCUT2D eigenvalue weighted by atomic mass is 10.1. The minimum atomic E-state index is 0.110. The van der Waals surface area contributed by atoms with Gasteiger partial charge in [0, 0.05) is 6.42 Å². The molecule has 1 rings (SSSR count). The molecule has 0 unspecified atom stereocenters. The Bertz CT molecular complexity index is 310. The van der Waals surface area contributed by atoms with Crippen LogP contribution in [0.5, 0.6) is 0 Å². The number of nitrogens with zero attached hydrogens (tertiary/aromatic N) is 2. The fourth-order valence-electron chi connectivity index (χ4n) is 0.892. The molecular formula is C9H14N2O2S. The van der Waals surface area contributed by atoms with Crippen molar-refractivity contribution in [3.8, 4) is 0 Å². The molecule has 0 fully saturated rings. The molecule has 5 heteroatoms. The smallest absolute Gasteiger partial charge is 0.277 e. The SMILES string of the molecule is CC(=O)CSc1nnc(CC(C)C)o1. The summed E-state index contributed by atoms with van der Waals surface area (Å²) in [6.07, 6.45) is 0.785. The van der Waals surface area contributed by atoms with Gasteiger partial charge in [0.2, 0.25) is 5.89 Å². The molecule has 78 valence electrons. The van der Waals surface area contributed by atoms with Gasteiger partial charge in [-0.1, -0.05) is 25.6 Å². The lowest BCUT2D eigenvalue weighted by Gasteiger charge is -1.96. The number of aromatic nitrogens is 2. The van der Waals surface area contributed by atoms with Crippen molar-refractivity contribution in [2.24, 2.45) is 5.92 Å². The van der Waals surface area contributed by atoms with Crippen LogP contribution in [0.4, 0.5) is 0 Å². The summed E-state index contributed by atoms with van der Waals surface area (Å²) >= 11 is 1.29. The van der Waals surface area contributed by atoms with E-state index in [0.29, 0.717) is 22.8 Å². The molecule has 0 amide bonds. The Morgan fingerprint density at radius 3 is 2.79 bits per heavy atom. The molecule has 0 saturated carbocycles. The van der Waals surface area contributed by atoms with Crippen molar-refractivity contribution in [3.63, 3.8) is 0 Å². The number of carbonyl (C=O) groups excluding carboxylic acids is 1. The maximum atomic E-state index is 10.7. The topological polar surface area (TPSA) is 56.0 Å². The van der Waals surface area contributed by atoms with Gasteiger partial charge in [0.15, 0.2) is 0 Å². The summed E-state index contributed by atoms with van der Waals surface area (Å²) < 4.78 is 5.33. The predicted octanol–water partition coefficient (Wildman–Crippen LogP) is 1.95. The molecule has 4 nitrogen and oxygen atoms in total. The molecule has 0 aliphatic carbocycles. The number of rotatable bonds is 5. The lowest BCUT2D eigenvalue weighted by Crippen LogP contribution is -1.93. The lowest BCUT2D eigenvalue weighted by molar-refractivity contribution is -0.114. The van der Waals surface area contributed by atoms with Crippen LogP contribution in [0.3, 0.4) is 0 Å². The molecule has 0 aromatic carbocycles. The first kappa shape index (κ1) is 11.2. The minimum absolute atomic E-state index is 0.110. The molecule has 0 radical (unpaired) electrons. The van der Waals surface area contributed by atoms with Gasteiger partial charge in [-0.2, -0.15) is 0 Å². The second-order valence-corrected chi connectivity index (χ2v) is 4.48. The number of hydrogen-bond donors (Lipinski definition) is 0. The molecule has 1 heterocycles. The van der Waals surface area contributed by atoms with Crippen LogP contribution in [0, 0.1) is 5.92 Å². The molecule has 1 aromatic heterocycles. The molecule has 1 aromatic rings. The summed E-state index contributed by atoms with van der Waals surface area (Å²) in [4.78, 5) is 10.7. The maximum Gasteiger partial charge on any atom is 0.277 e. The van der Waals surface area contributed by atoms with Crippen LogP contribution in [0.1, 0.15) is 26.7 Å². The van der Waals surface area contributed by atoms with Crippen molar-refractivity contribution in [2.75, 3.05) is 5.75 Å². The van der Waals surface area contributed by atoms with E-state index in [1.165, 1.54) is 11.8 Å². The number of Topliss-reactive ketones (excluding diaryl/α,β-unsaturated/α-hetero) is 1. The highest BCUT2D eigenvalue weighted by molar-refractivity contribution is 7.99. The quantitative estimate of drug-likeness (QED) is 0.701. The number of thioether (sulfide) groups is 1. The molecular weight excluding hydrogens is 200 g/mol. The van der Waals surface area contributed by atoms with Crippen LogP contribution in [-0.4, -0.2) is 21.7 Å². The Labute approximate surface area is 87.5 Å². The third-order valence-electron chi connectivity index (χ3n) is 1.43. The largest absolute Gasteiger partial charge is 0.416 e. The summed E-state index contributed by atoms with van der Waals surface area (Å²) in [7, 11) is 0. The second kappa shape index (κ2) is 5.14. The zero-order valence-corrected chi connectivity index (χ0v) is 9.43. The van der Waals surface area contributed by atoms with Gasteiger partial charge < -0.3 is 4.42 Å². The van der Waals surface area contributed by atoms with Crippen molar-refractivity contribution in [1.82, 2.24) is 10.2 Å². The Hall–Kier alpha value is -0.840. The molecule has 0 aliphatic rings. The highest BCUT2D eigenvalue weighted by Gasteiger charge is 2.08. The number of carbonyl (C=O) groups is 1. The van der Waals surface area contributed by atoms with Gasteiger partial charge >= 0.3 is 0 Å². The fourth-order valence-corrected chi connectivity index (χ4v) is 1.47. The summed E-state index contributed by atoms with van der Waals surface area (Å²) in [5, 5.41) is 8.20. The number of ketones is 1. The van der Waals surface area contributed by atoms with Crippen molar-refractivity contribution in [2.45, 2.75) is 32.4 Å². The van der Waals surface area contributed by atoms with Crippen LogP contribution >= 0.6 is 11.8 Å². The molecule has 0 aliphatic heterocycles. The Kier molecular flexibility index (Phi) is 4.13.